The van der Waals surface area contributed by atoms with Gasteiger partial charge < -0.3 is 4.40 Å². The van der Waals surface area contributed by atoms with Crippen LogP contribution in [-0.2, 0) is 0 Å². The van der Waals surface area contributed by atoms with Gasteiger partial charge in [-0.1, -0.05) is 57.4 Å². The second kappa shape index (κ2) is 7.78. The lowest BCUT2D eigenvalue weighted by Crippen LogP contribution is -1.91. The van der Waals surface area contributed by atoms with Crippen molar-refractivity contribution < 1.29 is 0 Å². The quantitative estimate of drug-likeness (QED) is 0.308. The number of allylic oxidation sites excluding steroid dienone is 4. The molecule has 0 amide bonds. The van der Waals surface area contributed by atoms with E-state index >= 15 is 0 Å². The lowest BCUT2D eigenvalue weighted by atomic mass is 9.93. The van der Waals surface area contributed by atoms with Gasteiger partial charge in [0, 0.05) is 17.1 Å². The number of pyridine rings is 1. The van der Waals surface area contributed by atoms with Gasteiger partial charge in [0.05, 0.1) is 5.52 Å². The van der Waals surface area contributed by atoms with Crippen LogP contribution in [0.3, 0.4) is 0 Å². The number of nitrogens with zero attached hydrogens (tertiary/aromatic N) is 1. The molecule has 1 aromatic carbocycles. The lowest BCUT2D eigenvalue weighted by molar-refractivity contribution is 0.744. The first-order valence-corrected chi connectivity index (χ1v) is 9.59. The maximum Gasteiger partial charge on any atom is 0.0537 e. The normalized spacial score (nSPS) is 12.9. The zero-order valence-electron chi connectivity index (χ0n) is 16.3. The highest BCUT2D eigenvalue weighted by molar-refractivity contribution is 5.95. The fourth-order valence-electron chi connectivity index (χ4n) is 3.66. The molecule has 1 atom stereocenters. The SMILES string of the molecule is C=C(CCC=CC)C(=C)c1ccc2c(C(C)CC)c3ccccn3c2c1. The smallest absolute Gasteiger partial charge is 0.0537 e. The van der Waals surface area contributed by atoms with Crippen molar-refractivity contribution in [1.29, 1.82) is 0 Å². The zero-order chi connectivity index (χ0) is 18.7. The second-order valence-corrected chi connectivity index (χ2v) is 7.10. The minimum Gasteiger partial charge on any atom is -0.316 e. The van der Waals surface area contributed by atoms with Gasteiger partial charge in [0.25, 0.3) is 0 Å². The van der Waals surface area contributed by atoms with Gasteiger partial charge in [0.15, 0.2) is 0 Å². The summed E-state index contributed by atoms with van der Waals surface area (Å²) in [7, 11) is 0. The molecule has 1 nitrogen and oxygen atoms in total. The van der Waals surface area contributed by atoms with E-state index in [9.17, 15) is 0 Å². The molecule has 1 unspecified atom stereocenters. The predicted molar refractivity (Wildman–Crippen MR) is 116 cm³/mol. The van der Waals surface area contributed by atoms with Crippen LogP contribution in [0.1, 0.15) is 57.1 Å². The molecule has 26 heavy (non-hydrogen) atoms. The third kappa shape index (κ3) is 3.26. The van der Waals surface area contributed by atoms with Gasteiger partial charge >= 0.3 is 0 Å². The van der Waals surface area contributed by atoms with E-state index in [1.165, 1.54) is 27.5 Å². The number of aromatic nitrogens is 1. The van der Waals surface area contributed by atoms with E-state index in [4.69, 9.17) is 0 Å². The Hall–Kier alpha value is -2.54. The number of hydrogen-bond donors (Lipinski definition) is 0. The van der Waals surface area contributed by atoms with Crippen molar-refractivity contribution in [2.75, 3.05) is 0 Å². The van der Waals surface area contributed by atoms with Crippen molar-refractivity contribution in [2.45, 2.75) is 46.0 Å². The summed E-state index contributed by atoms with van der Waals surface area (Å²) < 4.78 is 2.32. The van der Waals surface area contributed by atoms with Crippen LogP contribution >= 0.6 is 0 Å². The molecular formula is C25H29N. The summed E-state index contributed by atoms with van der Waals surface area (Å²) in [4.78, 5) is 0. The molecule has 3 aromatic rings. The zero-order valence-corrected chi connectivity index (χ0v) is 16.3. The maximum atomic E-state index is 4.32. The molecule has 0 radical (unpaired) electrons. The van der Waals surface area contributed by atoms with Gasteiger partial charge in [-0.15, -0.1) is 0 Å². The molecule has 0 aliphatic rings. The van der Waals surface area contributed by atoms with Crippen molar-refractivity contribution in [3.8, 4) is 0 Å². The van der Waals surface area contributed by atoms with Crippen LogP contribution in [0.4, 0.5) is 0 Å². The number of benzene rings is 1. The van der Waals surface area contributed by atoms with Crippen molar-refractivity contribution in [3.63, 3.8) is 0 Å². The van der Waals surface area contributed by atoms with Gasteiger partial charge in [-0.25, -0.2) is 0 Å². The minimum absolute atomic E-state index is 0.537. The molecule has 0 fully saturated rings. The Morgan fingerprint density at radius 2 is 1.96 bits per heavy atom. The molecule has 0 spiro atoms. The number of hydrogen-bond acceptors (Lipinski definition) is 0. The average molecular weight is 344 g/mol. The van der Waals surface area contributed by atoms with E-state index in [0.717, 1.165) is 30.4 Å². The van der Waals surface area contributed by atoms with Crippen LogP contribution in [0.15, 0.2) is 73.5 Å². The summed E-state index contributed by atoms with van der Waals surface area (Å²) in [5.41, 5.74) is 7.36. The first-order valence-electron chi connectivity index (χ1n) is 9.59. The van der Waals surface area contributed by atoms with Gasteiger partial charge in [-0.3, -0.25) is 0 Å². The first-order chi connectivity index (χ1) is 12.6. The minimum atomic E-state index is 0.537. The van der Waals surface area contributed by atoms with E-state index in [1.807, 2.05) is 0 Å². The molecule has 0 aliphatic heterocycles. The van der Waals surface area contributed by atoms with Crippen LogP contribution in [0, 0.1) is 0 Å². The maximum absolute atomic E-state index is 4.32. The first kappa shape index (κ1) is 18.3. The van der Waals surface area contributed by atoms with E-state index in [2.05, 4.69) is 93.1 Å². The highest BCUT2D eigenvalue weighted by atomic mass is 14.9. The van der Waals surface area contributed by atoms with Crippen LogP contribution in [0.25, 0.3) is 22.0 Å². The second-order valence-electron chi connectivity index (χ2n) is 7.10. The molecule has 134 valence electrons. The Morgan fingerprint density at radius 3 is 2.69 bits per heavy atom. The summed E-state index contributed by atoms with van der Waals surface area (Å²) in [5.74, 6) is 0.537. The molecule has 0 saturated carbocycles. The molecule has 3 rings (SSSR count). The van der Waals surface area contributed by atoms with E-state index in [0.29, 0.717) is 5.92 Å². The predicted octanol–water partition coefficient (Wildman–Crippen LogP) is 7.53. The van der Waals surface area contributed by atoms with E-state index < -0.39 is 0 Å². The fraction of sp³-hybridized carbons (Fsp3) is 0.280. The van der Waals surface area contributed by atoms with E-state index in [1.54, 1.807) is 0 Å². The van der Waals surface area contributed by atoms with E-state index in [-0.39, 0.29) is 0 Å². The van der Waals surface area contributed by atoms with Gasteiger partial charge in [-0.2, -0.15) is 0 Å². The Morgan fingerprint density at radius 1 is 1.15 bits per heavy atom. The summed E-state index contributed by atoms with van der Waals surface area (Å²) in [6.07, 6.45) is 9.54. The van der Waals surface area contributed by atoms with Crippen LogP contribution in [0.2, 0.25) is 0 Å². The molecule has 0 N–H and O–H groups in total. The molecule has 2 heterocycles. The van der Waals surface area contributed by atoms with Crippen LogP contribution in [0.5, 0.6) is 0 Å². The van der Waals surface area contributed by atoms with Gasteiger partial charge in [0.1, 0.15) is 0 Å². The highest BCUT2D eigenvalue weighted by Crippen LogP contribution is 2.36. The highest BCUT2D eigenvalue weighted by Gasteiger charge is 2.16. The number of fused-ring (bicyclic) bond motifs is 3. The van der Waals surface area contributed by atoms with Crippen LogP contribution < -0.4 is 0 Å². The van der Waals surface area contributed by atoms with Crippen molar-refractivity contribution >= 4 is 22.0 Å². The third-order valence-electron chi connectivity index (χ3n) is 5.41. The van der Waals surface area contributed by atoms with Gasteiger partial charge in [-0.05, 0) is 72.6 Å². The molecule has 1 heteroatoms. The number of rotatable bonds is 7. The lowest BCUT2D eigenvalue weighted by Gasteiger charge is -2.10. The van der Waals surface area contributed by atoms with Crippen molar-refractivity contribution in [2.24, 2.45) is 0 Å². The Balaban J connectivity index is 2.08. The van der Waals surface area contributed by atoms with Gasteiger partial charge in [0.2, 0.25) is 0 Å². The Labute approximate surface area is 157 Å². The standard InChI is InChI=1S/C25H29N/c1-6-8-9-12-19(4)20(5)21-14-15-22-24(17-21)26-16-11-10-13-23(26)25(22)18(3)7-2/h6,8,10-11,13-18H,4-5,7,9,12H2,1-3H3. The average Bonchev–Trinajstić information content (AvgIpc) is 3.00. The monoisotopic (exact) mass is 343 g/mol. The summed E-state index contributed by atoms with van der Waals surface area (Å²) in [6, 6.07) is 13.2. The Bertz CT molecular complexity index is 984. The largest absolute Gasteiger partial charge is 0.316 e. The third-order valence-corrected chi connectivity index (χ3v) is 5.41. The van der Waals surface area contributed by atoms with Crippen molar-refractivity contribution in [1.82, 2.24) is 4.40 Å². The topological polar surface area (TPSA) is 4.41 Å². The molecular weight excluding hydrogens is 314 g/mol. The molecule has 0 aliphatic carbocycles. The van der Waals surface area contributed by atoms with Crippen LogP contribution in [-0.4, -0.2) is 4.40 Å². The Kier molecular flexibility index (Phi) is 5.46. The summed E-state index contributed by atoms with van der Waals surface area (Å²) in [5, 5.41) is 1.35. The summed E-state index contributed by atoms with van der Waals surface area (Å²) >= 11 is 0. The fourth-order valence-corrected chi connectivity index (χ4v) is 3.66. The summed E-state index contributed by atoms with van der Waals surface area (Å²) in [6.45, 7) is 15.2. The molecule has 0 saturated heterocycles. The molecule has 2 aromatic heterocycles. The molecule has 0 bridgehead atoms. The van der Waals surface area contributed by atoms with Crippen molar-refractivity contribution in [3.05, 3.63) is 84.6 Å².